The minimum atomic E-state index is -0.945. The largest absolute Gasteiger partial charge is 0.324 e. The average Bonchev–Trinajstić information content (AvgIpc) is 3.18. The molecular formula is C18H13BrClN5O3. The van der Waals surface area contributed by atoms with E-state index >= 15 is 0 Å². The molecule has 0 spiro atoms. The molecule has 2 aliphatic heterocycles. The predicted octanol–water partition coefficient (Wildman–Crippen LogP) is 3.03. The number of fused-ring (bicyclic) bond motifs is 1. The van der Waals surface area contributed by atoms with Crippen LogP contribution in [0.5, 0.6) is 0 Å². The van der Waals surface area contributed by atoms with E-state index in [9.17, 15) is 14.4 Å². The lowest BCUT2D eigenvalue weighted by molar-refractivity contribution is -0.123. The van der Waals surface area contributed by atoms with E-state index in [0.29, 0.717) is 16.4 Å². The lowest BCUT2D eigenvalue weighted by Crippen LogP contribution is -2.43. The van der Waals surface area contributed by atoms with Crippen molar-refractivity contribution in [2.45, 2.75) is 12.1 Å². The van der Waals surface area contributed by atoms with Gasteiger partial charge in [-0.3, -0.25) is 19.4 Å². The van der Waals surface area contributed by atoms with Crippen LogP contribution in [0.25, 0.3) is 0 Å². The summed E-state index contributed by atoms with van der Waals surface area (Å²) in [4.78, 5) is 38.9. The topological polar surface area (TPSA) is 94.4 Å². The van der Waals surface area contributed by atoms with Gasteiger partial charge in [0.05, 0.1) is 5.69 Å². The Hall–Kier alpha value is -2.78. The van der Waals surface area contributed by atoms with Crippen molar-refractivity contribution in [1.82, 2.24) is 5.01 Å². The summed E-state index contributed by atoms with van der Waals surface area (Å²) in [6.07, 6.45) is 0. The summed E-state index contributed by atoms with van der Waals surface area (Å²) in [5.41, 5.74) is 1.01. The first-order valence-corrected chi connectivity index (χ1v) is 9.47. The van der Waals surface area contributed by atoms with Crippen LogP contribution in [0.4, 0.5) is 11.4 Å². The zero-order chi connectivity index (χ0) is 19.8. The van der Waals surface area contributed by atoms with Crippen LogP contribution in [0.3, 0.4) is 0 Å². The van der Waals surface area contributed by atoms with E-state index in [-0.39, 0.29) is 12.5 Å². The maximum Gasteiger partial charge on any atom is 0.263 e. The van der Waals surface area contributed by atoms with E-state index in [4.69, 9.17) is 11.6 Å². The highest BCUT2D eigenvalue weighted by Gasteiger charge is 2.55. The average molecular weight is 463 g/mol. The second-order valence-corrected chi connectivity index (χ2v) is 7.59. The minimum absolute atomic E-state index is 0.208. The van der Waals surface area contributed by atoms with Gasteiger partial charge < -0.3 is 5.32 Å². The highest BCUT2D eigenvalue weighted by Crippen LogP contribution is 2.32. The fourth-order valence-electron chi connectivity index (χ4n) is 3.08. The molecule has 142 valence electrons. The van der Waals surface area contributed by atoms with Gasteiger partial charge in [0.15, 0.2) is 12.1 Å². The van der Waals surface area contributed by atoms with E-state index in [1.807, 2.05) is 0 Å². The second kappa shape index (κ2) is 7.33. The third kappa shape index (κ3) is 3.38. The smallest absolute Gasteiger partial charge is 0.263 e. The number of carbonyl (C=O) groups is 3. The van der Waals surface area contributed by atoms with E-state index in [0.717, 1.165) is 9.37 Å². The molecule has 1 fully saturated rings. The van der Waals surface area contributed by atoms with E-state index in [2.05, 4.69) is 31.6 Å². The monoisotopic (exact) mass is 461 g/mol. The lowest BCUT2D eigenvalue weighted by Gasteiger charge is -2.20. The first-order chi connectivity index (χ1) is 13.4. The maximum atomic E-state index is 12.9. The van der Waals surface area contributed by atoms with Gasteiger partial charge in [-0.2, -0.15) is 5.11 Å². The molecule has 8 nitrogen and oxygen atoms in total. The Bertz CT molecular complexity index is 980. The van der Waals surface area contributed by atoms with E-state index in [1.165, 1.54) is 5.01 Å². The van der Waals surface area contributed by atoms with Crippen molar-refractivity contribution < 1.29 is 14.4 Å². The van der Waals surface area contributed by atoms with Gasteiger partial charge in [-0.05, 0) is 48.5 Å². The highest BCUT2D eigenvalue weighted by atomic mass is 79.9. The molecule has 4 rings (SSSR count). The van der Waals surface area contributed by atoms with Crippen LogP contribution in [0.1, 0.15) is 0 Å². The van der Waals surface area contributed by atoms with Crippen LogP contribution in [0.15, 0.2) is 63.3 Å². The van der Waals surface area contributed by atoms with Gasteiger partial charge in [0, 0.05) is 15.2 Å². The summed E-state index contributed by atoms with van der Waals surface area (Å²) in [5, 5.41) is 12.3. The number of nitrogens with one attached hydrogen (secondary N) is 1. The van der Waals surface area contributed by atoms with Gasteiger partial charge in [0.2, 0.25) is 5.91 Å². The van der Waals surface area contributed by atoms with E-state index in [1.54, 1.807) is 48.5 Å². The van der Waals surface area contributed by atoms with Crippen molar-refractivity contribution in [3.8, 4) is 0 Å². The van der Waals surface area contributed by atoms with Crippen molar-refractivity contribution in [2.24, 2.45) is 10.3 Å². The van der Waals surface area contributed by atoms with Crippen molar-refractivity contribution in [3.05, 3.63) is 58.0 Å². The molecule has 0 aromatic heterocycles. The van der Waals surface area contributed by atoms with Crippen LogP contribution in [-0.2, 0) is 14.4 Å². The number of amides is 3. The normalized spacial score (nSPS) is 20.6. The van der Waals surface area contributed by atoms with Crippen LogP contribution in [0.2, 0.25) is 5.02 Å². The molecule has 28 heavy (non-hydrogen) atoms. The summed E-state index contributed by atoms with van der Waals surface area (Å²) in [6.45, 7) is -0.208. The summed E-state index contributed by atoms with van der Waals surface area (Å²) in [6, 6.07) is 11.6. The Balaban J connectivity index is 1.48. The van der Waals surface area contributed by atoms with Crippen molar-refractivity contribution in [3.63, 3.8) is 0 Å². The van der Waals surface area contributed by atoms with Crippen molar-refractivity contribution in [1.29, 1.82) is 0 Å². The van der Waals surface area contributed by atoms with Gasteiger partial charge in [0.1, 0.15) is 6.54 Å². The van der Waals surface area contributed by atoms with Crippen LogP contribution < -0.4 is 10.2 Å². The number of halogens is 2. The van der Waals surface area contributed by atoms with Gasteiger partial charge in [0.25, 0.3) is 11.8 Å². The Morgan fingerprint density at radius 3 is 2.43 bits per heavy atom. The first kappa shape index (κ1) is 18.6. The Labute approximate surface area is 173 Å². The molecule has 2 atom stereocenters. The second-order valence-electron chi connectivity index (χ2n) is 6.24. The van der Waals surface area contributed by atoms with E-state index < -0.39 is 23.9 Å². The SMILES string of the molecule is O=C(CN1N=N[C@H]2C(=O)N(c3ccc(Br)cc3)C(=O)[C@@H]21)Nc1ccc(Cl)cc1. The number of hydrogen-bond acceptors (Lipinski definition) is 6. The number of carbonyl (C=O) groups excluding carboxylic acids is 3. The van der Waals surface area contributed by atoms with Crippen LogP contribution in [-0.4, -0.2) is 41.4 Å². The molecular weight excluding hydrogens is 450 g/mol. The van der Waals surface area contributed by atoms with Crippen molar-refractivity contribution in [2.75, 3.05) is 16.8 Å². The number of hydrogen-bond donors (Lipinski definition) is 1. The fourth-order valence-corrected chi connectivity index (χ4v) is 3.47. The molecule has 2 aromatic rings. The molecule has 3 amide bonds. The number of rotatable bonds is 4. The van der Waals surface area contributed by atoms with Gasteiger partial charge >= 0.3 is 0 Å². The quantitative estimate of drug-likeness (QED) is 0.707. The lowest BCUT2D eigenvalue weighted by atomic mass is 10.1. The Kier molecular flexibility index (Phi) is 4.86. The molecule has 1 saturated heterocycles. The molecule has 1 N–H and O–H groups in total. The number of imide groups is 1. The Morgan fingerprint density at radius 1 is 1.07 bits per heavy atom. The van der Waals surface area contributed by atoms with Crippen LogP contribution in [0, 0.1) is 0 Å². The summed E-state index contributed by atoms with van der Waals surface area (Å²) >= 11 is 9.14. The van der Waals surface area contributed by atoms with Crippen LogP contribution >= 0.6 is 27.5 Å². The molecule has 2 heterocycles. The summed E-state index contributed by atoms with van der Waals surface area (Å²) in [7, 11) is 0. The zero-order valence-electron chi connectivity index (χ0n) is 14.3. The van der Waals surface area contributed by atoms with Gasteiger partial charge in [-0.25, -0.2) is 4.90 Å². The molecule has 0 radical (unpaired) electrons. The molecule has 10 heteroatoms. The number of nitrogens with zero attached hydrogens (tertiary/aromatic N) is 4. The maximum absolute atomic E-state index is 12.9. The van der Waals surface area contributed by atoms with Gasteiger partial charge in [-0.15, -0.1) is 0 Å². The molecule has 2 aliphatic rings. The third-order valence-electron chi connectivity index (χ3n) is 4.38. The Morgan fingerprint density at radius 2 is 1.75 bits per heavy atom. The summed E-state index contributed by atoms with van der Waals surface area (Å²) in [5.74, 6) is -1.30. The molecule has 0 bridgehead atoms. The molecule has 0 aliphatic carbocycles. The zero-order valence-corrected chi connectivity index (χ0v) is 16.6. The molecule has 0 saturated carbocycles. The standard InChI is InChI=1S/C18H13BrClN5O3/c19-10-1-7-13(8-2-10)25-17(27)15-16(18(25)28)24(23-22-15)9-14(26)21-12-5-3-11(20)4-6-12/h1-8,15-16H,9H2,(H,21,26)/t15-,16-/m1/s1. The fraction of sp³-hybridized carbons (Fsp3) is 0.167. The molecule has 0 unspecified atom stereocenters. The third-order valence-corrected chi connectivity index (χ3v) is 5.16. The number of benzene rings is 2. The summed E-state index contributed by atoms with van der Waals surface area (Å²) < 4.78 is 0.829. The van der Waals surface area contributed by atoms with Gasteiger partial charge in [-0.1, -0.05) is 32.8 Å². The molecule has 2 aromatic carbocycles. The van der Waals surface area contributed by atoms with Crippen molar-refractivity contribution >= 4 is 56.6 Å². The number of anilines is 2. The highest BCUT2D eigenvalue weighted by molar-refractivity contribution is 9.10. The minimum Gasteiger partial charge on any atom is -0.324 e. The first-order valence-electron chi connectivity index (χ1n) is 8.30. The predicted molar refractivity (Wildman–Crippen MR) is 106 cm³/mol.